The van der Waals surface area contributed by atoms with Crippen LogP contribution in [-0.4, -0.2) is 30.6 Å². The summed E-state index contributed by atoms with van der Waals surface area (Å²) in [5, 5.41) is 11.2. The summed E-state index contributed by atoms with van der Waals surface area (Å²) < 4.78 is 5.26. The van der Waals surface area contributed by atoms with Gasteiger partial charge in [0.15, 0.2) is 11.5 Å². The van der Waals surface area contributed by atoms with E-state index in [1.807, 2.05) is 23.0 Å². The van der Waals surface area contributed by atoms with Crippen LogP contribution < -0.4 is 10.0 Å². The molecule has 21 heavy (non-hydrogen) atoms. The predicted octanol–water partition coefficient (Wildman–Crippen LogP) is 2.01. The van der Waals surface area contributed by atoms with E-state index < -0.39 is 0 Å². The molecule has 0 fully saturated rings. The highest BCUT2D eigenvalue weighted by Gasteiger charge is 2.15. The third kappa shape index (κ3) is 2.18. The van der Waals surface area contributed by atoms with Gasteiger partial charge in [-0.25, -0.2) is 9.97 Å². The summed E-state index contributed by atoms with van der Waals surface area (Å²) in [7, 11) is 0. The number of hydrogen-bond acceptors (Lipinski definition) is 6. The van der Waals surface area contributed by atoms with E-state index >= 15 is 0 Å². The first-order valence-electron chi connectivity index (χ1n) is 6.54. The summed E-state index contributed by atoms with van der Waals surface area (Å²) in [4.78, 5) is 8.87. The van der Waals surface area contributed by atoms with Gasteiger partial charge >= 0.3 is 0 Å². The quantitative estimate of drug-likeness (QED) is 0.642. The minimum atomic E-state index is 0.346. The third-order valence-electron chi connectivity index (χ3n) is 3.22. The van der Waals surface area contributed by atoms with E-state index in [1.165, 1.54) is 0 Å². The van der Waals surface area contributed by atoms with E-state index in [4.69, 9.17) is 0 Å². The molecule has 1 atom stereocenters. The van der Waals surface area contributed by atoms with Crippen molar-refractivity contribution < 1.29 is 0 Å². The molecule has 1 aliphatic heterocycles. The fraction of sp³-hybridized carbons (Fsp3) is 0.154. The van der Waals surface area contributed by atoms with Gasteiger partial charge in [-0.15, -0.1) is 0 Å². The van der Waals surface area contributed by atoms with Crippen molar-refractivity contribution in [2.45, 2.75) is 13.0 Å². The van der Waals surface area contributed by atoms with Crippen molar-refractivity contribution >= 4 is 23.4 Å². The van der Waals surface area contributed by atoms with Crippen molar-refractivity contribution in [3.05, 3.63) is 42.1 Å². The fourth-order valence-electron chi connectivity index (χ4n) is 2.25. The largest absolute Gasteiger partial charge is 0.331 e. The topological polar surface area (TPSA) is 82.9 Å². The summed E-state index contributed by atoms with van der Waals surface area (Å²) in [5.41, 5.74) is 2.75. The molecule has 0 saturated heterocycles. The molecule has 4 rings (SSSR count). The molecule has 0 saturated carbocycles. The Labute approximate surface area is 125 Å². The Bertz CT molecular complexity index is 805. The lowest BCUT2D eigenvalue weighted by atomic mass is 10.3. The number of rotatable bonds is 3. The zero-order valence-electron chi connectivity index (χ0n) is 11.2. The minimum Gasteiger partial charge on any atom is -0.331 e. The number of aromatic amines is 1. The summed E-state index contributed by atoms with van der Waals surface area (Å²) in [6.45, 7) is 2.10. The molecule has 7 nitrogen and oxygen atoms in total. The first kappa shape index (κ1) is 12.4. The second-order valence-electron chi connectivity index (χ2n) is 4.76. The minimum absolute atomic E-state index is 0.346. The molecule has 0 aromatic carbocycles. The highest BCUT2D eigenvalue weighted by molar-refractivity contribution is 8.01. The van der Waals surface area contributed by atoms with E-state index in [0.717, 1.165) is 27.8 Å². The van der Waals surface area contributed by atoms with Gasteiger partial charge in [0.1, 0.15) is 0 Å². The second kappa shape index (κ2) is 4.90. The molecule has 106 valence electrons. The summed E-state index contributed by atoms with van der Waals surface area (Å²) >= 11 is 1.57. The van der Waals surface area contributed by atoms with Crippen LogP contribution in [0.2, 0.25) is 0 Å². The SMILES string of the molecule is CC1C=C(Nc2nccn3c(-c4cn[nH]c4)cnc23)SN1. The van der Waals surface area contributed by atoms with Gasteiger partial charge in [-0.1, -0.05) is 0 Å². The molecule has 0 aliphatic carbocycles. The lowest BCUT2D eigenvalue weighted by Gasteiger charge is -2.06. The van der Waals surface area contributed by atoms with Crippen molar-refractivity contribution in [3.63, 3.8) is 0 Å². The average molecular weight is 299 g/mol. The first-order chi connectivity index (χ1) is 10.3. The standard InChI is InChI=1S/C13H13N7S/c1-8-4-11(21-19-8)18-12-13-15-7-10(9-5-16-17-6-9)20(13)3-2-14-12/h2-8,19H,1H3,(H,14,18)(H,16,17). The van der Waals surface area contributed by atoms with Crippen molar-refractivity contribution in [3.8, 4) is 11.3 Å². The smallest absolute Gasteiger partial charge is 0.180 e. The van der Waals surface area contributed by atoms with Crippen molar-refractivity contribution in [2.75, 3.05) is 5.32 Å². The molecule has 0 bridgehead atoms. The van der Waals surface area contributed by atoms with E-state index in [0.29, 0.717) is 6.04 Å². The summed E-state index contributed by atoms with van der Waals surface area (Å²) in [6, 6.07) is 0.346. The highest BCUT2D eigenvalue weighted by atomic mass is 32.2. The van der Waals surface area contributed by atoms with Gasteiger partial charge in [0, 0.05) is 30.2 Å². The summed E-state index contributed by atoms with van der Waals surface area (Å²) in [6.07, 6.45) is 11.2. The molecule has 0 spiro atoms. The zero-order valence-corrected chi connectivity index (χ0v) is 12.1. The normalized spacial score (nSPS) is 18.1. The lowest BCUT2D eigenvalue weighted by molar-refractivity contribution is 0.868. The number of nitrogens with one attached hydrogen (secondary N) is 3. The number of anilines is 1. The van der Waals surface area contributed by atoms with Crippen molar-refractivity contribution in [2.24, 2.45) is 0 Å². The Morgan fingerprint density at radius 3 is 3.05 bits per heavy atom. The number of hydrogen-bond donors (Lipinski definition) is 3. The predicted molar refractivity (Wildman–Crippen MR) is 82.5 cm³/mol. The average Bonchev–Trinajstić information content (AvgIpc) is 3.18. The van der Waals surface area contributed by atoms with Gasteiger partial charge in [0.05, 0.1) is 23.1 Å². The monoisotopic (exact) mass is 299 g/mol. The van der Waals surface area contributed by atoms with Crippen LogP contribution in [-0.2, 0) is 0 Å². The van der Waals surface area contributed by atoms with Crippen LogP contribution in [0, 0.1) is 0 Å². The number of fused-ring (bicyclic) bond motifs is 1. The van der Waals surface area contributed by atoms with Crippen LogP contribution in [0.1, 0.15) is 6.92 Å². The van der Waals surface area contributed by atoms with Gasteiger partial charge in [-0.2, -0.15) is 5.10 Å². The van der Waals surface area contributed by atoms with E-state index in [1.54, 1.807) is 24.3 Å². The highest BCUT2D eigenvalue weighted by Crippen LogP contribution is 2.26. The third-order valence-corrected chi connectivity index (χ3v) is 4.17. The van der Waals surface area contributed by atoms with Gasteiger partial charge in [0.25, 0.3) is 0 Å². The van der Waals surface area contributed by atoms with Gasteiger partial charge in [0.2, 0.25) is 0 Å². The van der Waals surface area contributed by atoms with Crippen LogP contribution in [0.3, 0.4) is 0 Å². The van der Waals surface area contributed by atoms with Crippen LogP contribution in [0.5, 0.6) is 0 Å². The van der Waals surface area contributed by atoms with Gasteiger partial charge in [-0.3, -0.25) is 14.2 Å². The zero-order chi connectivity index (χ0) is 14.2. The fourth-order valence-corrected chi connectivity index (χ4v) is 3.05. The first-order valence-corrected chi connectivity index (χ1v) is 7.35. The Balaban J connectivity index is 1.76. The molecule has 4 heterocycles. The molecule has 0 radical (unpaired) electrons. The Morgan fingerprint density at radius 2 is 2.29 bits per heavy atom. The molecule has 3 N–H and O–H groups in total. The molecule has 3 aromatic rings. The molecule has 1 unspecified atom stereocenters. The molecule has 1 aliphatic rings. The number of nitrogens with zero attached hydrogens (tertiary/aromatic N) is 4. The maximum Gasteiger partial charge on any atom is 0.180 e. The van der Waals surface area contributed by atoms with Gasteiger partial charge < -0.3 is 5.32 Å². The maximum atomic E-state index is 4.48. The molecule has 0 amide bonds. The molecular weight excluding hydrogens is 286 g/mol. The van der Waals surface area contributed by atoms with E-state index in [9.17, 15) is 0 Å². The maximum absolute atomic E-state index is 4.48. The van der Waals surface area contributed by atoms with E-state index in [2.05, 4.69) is 43.2 Å². The summed E-state index contributed by atoms with van der Waals surface area (Å²) in [5.74, 6) is 0.738. The molecule has 3 aromatic heterocycles. The van der Waals surface area contributed by atoms with E-state index in [-0.39, 0.29) is 0 Å². The van der Waals surface area contributed by atoms with Crippen molar-refractivity contribution in [1.82, 2.24) is 29.3 Å². The number of imidazole rings is 1. The Kier molecular flexibility index (Phi) is 2.90. The van der Waals surface area contributed by atoms with Crippen LogP contribution in [0.25, 0.3) is 16.9 Å². The van der Waals surface area contributed by atoms with Crippen LogP contribution in [0.4, 0.5) is 5.82 Å². The van der Waals surface area contributed by atoms with Crippen molar-refractivity contribution in [1.29, 1.82) is 0 Å². The number of aromatic nitrogens is 5. The lowest BCUT2D eigenvalue weighted by Crippen LogP contribution is -2.09. The molecular formula is C13H13N7S. The Hall–Kier alpha value is -2.32. The number of H-pyrrole nitrogens is 1. The van der Waals surface area contributed by atoms with Crippen LogP contribution >= 0.6 is 11.9 Å². The molecule has 8 heteroatoms. The second-order valence-corrected chi connectivity index (χ2v) is 5.64. The Morgan fingerprint density at radius 1 is 1.33 bits per heavy atom. The van der Waals surface area contributed by atoms with Crippen LogP contribution in [0.15, 0.2) is 42.1 Å². The van der Waals surface area contributed by atoms with Gasteiger partial charge in [-0.05, 0) is 24.9 Å².